The normalized spacial score (nSPS) is 19.1. The lowest BCUT2D eigenvalue weighted by Gasteiger charge is -2.08. The molecule has 1 saturated heterocycles. The molecule has 0 saturated carbocycles. The highest BCUT2D eigenvalue weighted by Gasteiger charge is 2.15. The van der Waals surface area contributed by atoms with Crippen molar-refractivity contribution < 1.29 is 5.03 Å². The number of pyridine rings is 1. The molecule has 1 aromatic rings. The van der Waals surface area contributed by atoms with E-state index in [-0.39, 0.29) is 0 Å². The number of nitro groups is 1. The lowest BCUT2D eigenvalue weighted by Crippen LogP contribution is -2.12. The molecule has 0 spiro atoms. The summed E-state index contributed by atoms with van der Waals surface area (Å²) in [5.41, 5.74) is 1.32. The molecule has 15 heavy (non-hydrogen) atoms. The molecular formula is C9H14N4O2. The molecule has 1 aromatic heterocycles. The molecular weight excluding hydrogens is 196 g/mol. The van der Waals surface area contributed by atoms with Crippen LogP contribution < -0.4 is 11.2 Å². The summed E-state index contributed by atoms with van der Waals surface area (Å²) < 4.78 is 0. The predicted molar refractivity (Wildman–Crippen MR) is 55.4 cm³/mol. The van der Waals surface area contributed by atoms with E-state index >= 15 is 0 Å². The van der Waals surface area contributed by atoms with Crippen molar-refractivity contribution in [3.8, 4) is 0 Å². The van der Waals surface area contributed by atoms with E-state index in [4.69, 9.17) is 10.1 Å². The van der Waals surface area contributed by atoms with Crippen molar-refractivity contribution in [2.45, 2.75) is 18.9 Å². The van der Waals surface area contributed by atoms with Gasteiger partial charge in [0.05, 0.1) is 0 Å². The molecule has 6 nitrogen and oxygen atoms in total. The standard InChI is InChI=1S/C9H12N2.H2N2O2/c1-3-8(7-10-5-1)9-4-2-6-11-9;1-2(3)4/h1,3,5,7,9,11H,2,4,6H2;1H2. The molecule has 1 aliphatic heterocycles. The minimum atomic E-state index is -1.00. The topological polar surface area (TPSA) is 94.1 Å². The van der Waals surface area contributed by atoms with Crippen LogP contribution in [0.5, 0.6) is 0 Å². The van der Waals surface area contributed by atoms with Crippen LogP contribution in [0.1, 0.15) is 24.4 Å². The highest BCUT2D eigenvalue weighted by Crippen LogP contribution is 2.21. The van der Waals surface area contributed by atoms with Crippen molar-refractivity contribution in [3.05, 3.63) is 40.2 Å². The number of hydrazine groups is 1. The quantitative estimate of drug-likeness (QED) is 0.403. The van der Waals surface area contributed by atoms with Gasteiger partial charge in [-0.15, -0.1) is 0 Å². The summed E-state index contributed by atoms with van der Waals surface area (Å²) in [5, 5.41) is 11.0. The van der Waals surface area contributed by atoms with Gasteiger partial charge in [-0.3, -0.25) is 4.98 Å². The van der Waals surface area contributed by atoms with Crippen LogP contribution in [0.2, 0.25) is 0 Å². The molecule has 1 atom stereocenters. The lowest BCUT2D eigenvalue weighted by atomic mass is 10.1. The molecule has 0 radical (unpaired) electrons. The Hall–Kier alpha value is -1.69. The fraction of sp³-hybridized carbons (Fsp3) is 0.444. The van der Waals surface area contributed by atoms with Crippen LogP contribution in [0.3, 0.4) is 0 Å². The highest BCUT2D eigenvalue weighted by molar-refractivity contribution is 5.14. The first kappa shape index (κ1) is 11.4. The first-order chi connectivity index (χ1) is 7.20. The third kappa shape index (κ3) is 4.37. The minimum Gasteiger partial charge on any atom is -0.310 e. The van der Waals surface area contributed by atoms with E-state index in [1.165, 1.54) is 18.4 Å². The van der Waals surface area contributed by atoms with Crippen LogP contribution in [0.4, 0.5) is 0 Å². The Bertz CT molecular complexity index is 294. The Morgan fingerprint density at radius 2 is 2.40 bits per heavy atom. The van der Waals surface area contributed by atoms with Crippen LogP contribution in [0.15, 0.2) is 24.5 Å². The molecule has 0 aliphatic carbocycles. The molecule has 0 amide bonds. The molecule has 1 fully saturated rings. The zero-order valence-electron chi connectivity index (χ0n) is 8.30. The van der Waals surface area contributed by atoms with E-state index in [1.54, 1.807) is 0 Å². The third-order valence-electron chi connectivity index (χ3n) is 2.15. The van der Waals surface area contributed by atoms with E-state index in [2.05, 4.69) is 22.2 Å². The maximum absolute atomic E-state index is 8.58. The largest absolute Gasteiger partial charge is 0.310 e. The summed E-state index contributed by atoms with van der Waals surface area (Å²) in [5.74, 6) is 3.83. The van der Waals surface area contributed by atoms with Gasteiger partial charge in [-0.1, -0.05) is 6.07 Å². The molecule has 1 aliphatic rings. The predicted octanol–water partition coefficient (Wildman–Crippen LogP) is 0.643. The van der Waals surface area contributed by atoms with Gasteiger partial charge in [0.15, 0.2) is 5.03 Å². The zero-order valence-corrected chi connectivity index (χ0v) is 8.30. The average Bonchev–Trinajstić information content (AvgIpc) is 2.71. The first-order valence-corrected chi connectivity index (χ1v) is 4.72. The second-order valence-electron chi connectivity index (χ2n) is 3.22. The number of nitrogens with zero attached hydrogens (tertiary/aromatic N) is 2. The molecule has 3 N–H and O–H groups in total. The summed E-state index contributed by atoms with van der Waals surface area (Å²) in [6, 6.07) is 4.69. The fourth-order valence-corrected chi connectivity index (χ4v) is 1.55. The van der Waals surface area contributed by atoms with Crippen LogP contribution in [-0.2, 0) is 0 Å². The van der Waals surface area contributed by atoms with Crippen molar-refractivity contribution in [1.29, 1.82) is 0 Å². The van der Waals surface area contributed by atoms with Gasteiger partial charge >= 0.3 is 0 Å². The fourth-order valence-electron chi connectivity index (χ4n) is 1.55. The summed E-state index contributed by atoms with van der Waals surface area (Å²) in [7, 11) is 0. The highest BCUT2D eigenvalue weighted by atomic mass is 16.7. The number of hydrogen-bond acceptors (Lipinski definition) is 4. The van der Waals surface area contributed by atoms with Gasteiger partial charge in [0.25, 0.3) is 0 Å². The maximum atomic E-state index is 8.58. The van der Waals surface area contributed by atoms with Crippen LogP contribution in [0, 0.1) is 10.1 Å². The number of rotatable bonds is 1. The van der Waals surface area contributed by atoms with Crippen LogP contribution in [-0.4, -0.2) is 16.6 Å². The Kier molecular flexibility index (Phi) is 4.49. The minimum absolute atomic E-state index is 0.559. The molecule has 2 heterocycles. The number of hydrogen-bond donors (Lipinski definition) is 2. The summed E-state index contributed by atoms with van der Waals surface area (Å²) >= 11 is 0. The average molecular weight is 210 g/mol. The Balaban J connectivity index is 0.000000245. The third-order valence-corrected chi connectivity index (χ3v) is 2.15. The van der Waals surface area contributed by atoms with Crippen molar-refractivity contribution in [3.63, 3.8) is 0 Å². The molecule has 1 unspecified atom stereocenters. The van der Waals surface area contributed by atoms with Crippen molar-refractivity contribution in [2.75, 3.05) is 6.54 Å². The monoisotopic (exact) mass is 210 g/mol. The summed E-state index contributed by atoms with van der Waals surface area (Å²) in [6.07, 6.45) is 6.31. The second kappa shape index (κ2) is 5.92. The molecule has 2 rings (SSSR count). The molecule has 0 aromatic carbocycles. The molecule has 82 valence electrons. The zero-order chi connectivity index (χ0) is 11.1. The Morgan fingerprint density at radius 3 is 2.87 bits per heavy atom. The maximum Gasteiger partial charge on any atom is 0.154 e. The van der Waals surface area contributed by atoms with Crippen molar-refractivity contribution >= 4 is 0 Å². The SMILES string of the molecule is N[N+](=O)[O-].c1cncc(C2CCCN2)c1. The van der Waals surface area contributed by atoms with E-state index in [0.717, 1.165) is 6.54 Å². The molecule has 6 heteroatoms. The Morgan fingerprint density at radius 1 is 1.67 bits per heavy atom. The van der Waals surface area contributed by atoms with Crippen LogP contribution in [0.25, 0.3) is 0 Å². The van der Waals surface area contributed by atoms with Gasteiger partial charge in [-0.2, -0.15) is 5.84 Å². The van der Waals surface area contributed by atoms with Gasteiger partial charge < -0.3 is 5.32 Å². The summed E-state index contributed by atoms with van der Waals surface area (Å²) in [4.78, 5) is 12.7. The number of nitrogens with two attached hydrogens (primary N) is 1. The smallest absolute Gasteiger partial charge is 0.154 e. The first-order valence-electron chi connectivity index (χ1n) is 4.72. The van der Waals surface area contributed by atoms with Gasteiger partial charge in [-0.05, 0) is 31.0 Å². The van der Waals surface area contributed by atoms with E-state index in [0.29, 0.717) is 6.04 Å². The Labute approximate surface area is 87.6 Å². The van der Waals surface area contributed by atoms with E-state index in [9.17, 15) is 0 Å². The van der Waals surface area contributed by atoms with E-state index < -0.39 is 5.03 Å². The van der Waals surface area contributed by atoms with Crippen molar-refractivity contribution in [2.24, 2.45) is 5.84 Å². The molecule has 0 bridgehead atoms. The second-order valence-corrected chi connectivity index (χ2v) is 3.22. The van der Waals surface area contributed by atoms with Gasteiger partial charge in [0.2, 0.25) is 0 Å². The summed E-state index contributed by atoms with van der Waals surface area (Å²) in [6.45, 7) is 1.15. The lowest BCUT2D eigenvalue weighted by molar-refractivity contribution is -0.491. The van der Waals surface area contributed by atoms with Gasteiger partial charge in [-0.25, -0.2) is 10.1 Å². The van der Waals surface area contributed by atoms with Crippen molar-refractivity contribution in [1.82, 2.24) is 10.3 Å². The van der Waals surface area contributed by atoms with Gasteiger partial charge in [0.1, 0.15) is 0 Å². The number of nitrogens with one attached hydrogen (secondary N) is 1. The van der Waals surface area contributed by atoms with E-state index in [1.807, 2.05) is 18.5 Å². The van der Waals surface area contributed by atoms with Gasteiger partial charge in [0, 0.05) is 18.4 Å². The number of aromatic nitrogens is 1. The van der Waals surface area contributed by atoms with Crippen LogP contribution >= 0.6 is 0 Å².